The molecule has 2 heteroatoms. The zero-order valence-corrected chi connectivity index (χ0v) is 14.5. The summed E-state index contributed by atoms with van der Waals surface area (Å²) in [6, 6.07) is 9.94. The third-order valence-electron chi connectivity index (χ3n) is 5.42. The summed E-state index contributed by atoms with van der Waals surface area (Å²) in [7, 11) is 0. The lowest BCUT2D eigenvalue weighted by atomic mass is 9.75. The summed E-state index contributed by atoms with van der Waals surface area (Å²) >= 11 is 0. The molecule has 0 unspecified atom stereocenters. The van der Waals surface area contributed by atoms with Crippen molar-refractivity contribution in [2.75, 3.05) is 0 Å². The highest BCUT2D eigenvalue weighted by molar-refractivity contribution is 5.82. The summed E-state index contributed by atoms with van der Waals surface area (Å²) in [6.45, 7) is 8.45. The number of hydrogen-bond acceptors (Lipinski definition) is 2. The summed E-state index contributed by atoms with van der Waals surface area (Å²) in [5, 5.41) is 0. The third kappa shape index (κ3) is 3.71. The molecule has 0 heterocycles. The van der Waals surface area contributed by atoms with E-state index in [1.165, 1.54) is 19.3 Å². The number of rotatable bonds is 5. The molecule has 122 valence electrons. The zero-order valence-electron chi connectivity index (χ0n) is 14.5. The van der Waals surface area contributed by atoms with Crippen LogP contribution in [0, 0.1) is 11.8 Å². The zero-order chi connectivity index (χ0) is 16.2. The number of hydrogen-bond donors (Lipinski definition) is 0. The van der Waals surface area contributed by atoms with Crippen molar-refractivity contribution in [3.05, 3.63) is 35.9 Å². The minimum atomic E-state index is -0.579. The highest BCUT2D eigenvalue weighted by atomic mass is 16.5. The van der Waals surface area contributed by atoms with E-state index in [1.807, 2.05) is 44.2 Å². The second kappa shape index (κ2) is 7.30. The molecule has 2 rings (SSSR count). The Morgan fingerprint density at radius 1 is 1.09 bits per heavy atom. The maximum atomic E-state index is 12.7. The average molecular weight is 302 g/mol. The van der Waals surface area contributed by atoms with Gasteiger partial charge in [-0.1, -0.05) is 57.0 Å². The van der Waals surface area contributed by atoms with Crippen LogP contribution in [-0.2, 0) is 14.9 Å². The summed E-state index contributed by atoms with van der Waals surface area (Å²) in [4.78, 5) is 12.7. The van der Waals surface area contributed by atoms with Crippen LogP contribution < -0.4 is 0 Å². The van der Waals surface area contributed by atoms with E-state index in [4.69, 9.17) is 4.74 Å². The van der Waals surface area contributed by atoms with Crippen LogP contribution in [0.4, 0.5) is 0 Å². The molecule has 1 saturated carbocycles. The van der Waals surface area contributed by atoms with Gasteiger partial charge in [-0.05, 0) is 50.5 Å². The minimum absolute atomic E-state index is 0.0894. The fourth-order valence-electron chi connectivity index (χ4n) is 3.70. The van der Waals surface area contributed by atoms with Gasteiger partial charge in [-0.2, -0.15) is 0 Å². The predicted octanol–water partition coefficient (Wildman–Crippen LogP) is 5.11. The van der Waals surface area contributed by atoms with Crippen LogP contribution in [-0.4, -0.2) is 12.1 Å². The van der Waals surface area contributed by atoms with Gasteiger partial charge in [0.05, 0.1) is 5.41 Å². The Morgan fingerprint density at radius 3 is 2.32 bits per heavy atom. The molecule has 0 spiro atoms. The largest absolute Gasteiger partial charge is 0.462 e. The lowest BCUT2D eigenvalue weighted by molar-refractivity contribution is -0.158. The molecule has 0 radical (unpaired) electrons. The van der Waals surface area contributed by atoms with E-state index in [1.54, 1.807) is 0 Å². The van der Waals surface area contributed by atoms with Crippen molar-refractivity contribution < 1.29 is 9.53 Å². The summed E-state index contributed by atoms with van der Waals surface area (Å²) in [6.07, 6.45) is 5.78. The molecule has 2 nitrogen and oxygen atoms in total. The molecule has 0 aromatic heterocycles. The van der Waals surface area contributed by atoms with E-state index in [9.17, 15) is 4.79 Å². The van der Waals surface area contributed by atoms with Crippen molar-refractivity contribution in [3.8, 4) is 0 Å². The van der Waals surface area contributed by atoms with Crippen molar-refractivity contribution >= 4 is 5.97 Å². The standard InChI is InChI=1S/C20H30O2/c1-5-15-12-13-18(14-16(15)6-2)22-19(21)20(3,4)17-10-8-7-9-11-17/h7-11,15-16,18H,5-6,12-14H2,1-4H3/t15-,16+,18+/m0/s1. The Hall–Kier alpha value is -1.31. The molecule has 0 saturated heterocycles. The fourth-order valence-corrected chi connectivity index (χ4v) is 3.70. The van der Waals surface area contributed by atoms with Gasteiger partial charge >= 0.3 is 5.97 Å². The van der Waals surface area contributed by atoms with Gasteiger partial charge in [-0.15, -0.1) is 0 Å². The van der Waals surface area contributed by atoms with Gasteiger partial charge in [0.2, 0.25) is 0 Å². The van der Waals surface area contributed by atoms with E-state index < -0.39 is 5.41 Å². The first-order valence-electron chi connectivity index (χ1n) is 8.75. The maximum Gasteiger partial charge on any atom is 0.316 e. The molecule has 0 amide bonds. The molecule has 1 aromatic rings. The number of esters is 1. The topological polar surface area (TPSA) is 26.3 Å². The van der Waals surface area contributed by atoms with Gasteiger partial charge < -0.3 is 4.74 Å². The smallest absolute Gasteiger partial charge is 0.316 e. The molecule has 0 N–H and O–H groups in total. The van der Waals surface area contributed by atoms with Gasteiger partial charge in [0.15, 0.2) is 0 Å². The molecular formula is C20H30O2. The van der Waals surface area contributed by atoms with Crippen molar-refractivity contribution in [2.24, 2.45) is 11.8 Å². The summed E-state index contributed by atoms with van der Waals surface area (Å²) in [5.41, 5.74) is 0.444. The first kappa shape index (κ1) is 17.1. The number of carbonyl (C=O) groups is 1. The second-order valence-electron chi connectivity index (χ2n) is 7.17. The van der Waals surface area contributed by atoms with Crippen molar-refractivity contribution in [2.45, 2.75) is 71.3 Å². The minimum Gasteiger partial charge on any atom is -0.462 e. The maximum absolute atomic E-state index is 12.7. The van der Waals surface area contributed by atoms with Crippen LogP contribution >= 0.6 is 0 Å². The molecule has 1 aliphatic rings. The molecule has 0 aliphatic heterocycles. The van der Waals surface area contributed by atoms with Crippen molar-refractivity contribution in [1.29, 1.82) is 0 Å². The van der Waals surface area contributed by atoms with E-state index in [2.05, 4.69) is 13.8 Å². The lowest BCUT2D eigenvalue weighted by Gasteiger charge is -2.36. The number of carbonyl (C=O) groups excluding carboxylic acids is 1. The molecule has 1 fully saturated rings. The fraction of sp³-hybridized carbons (Fsp3) is 0.650. The lowest BCUT2D eigenvalue weighted by Crippen LogP contribution is -2.37. The Morgan fingerprint density at radius 2 is 1.73 bits per heavy atom. The molecule has 3 atom stereocenters. The number of ether oxygens (including phenoxy) is 1. The summed E-state index contributed by atoms with van der Waals surface area (Å²) in [5.74, 6) is 1.42. The number of benzene rings is 1. The average Bonchev–Trinajstić information content (AvgIpc) is 2.55. The van der Waals surface area contributed by atoms with Crippen LogP contribution in [0.3, 0.4) is 0 Å². The second-order valence-corrected chi connectivity index (χ2v) is 7.17. The first-order chi connectivity index (χ1) is 10.5. The van der Waals surface area contributed by atoms with E-state index in [0.29, 0.717) is 5.92 Å². The SMILES string of the molecule is CC[C@@H]1C[C@H](OC(=O)C(C)(C)c2ccccc2)CC[C@@H]1CC. The van der Waals surface area contributed by atoms with E-state index in [-0.39, 0.29) is 12.1 Å². The third-order valence-corrected chi connectivity index (χ3v) is 5.42. The van der Waals surface area contributed by atoms with Gasteiger partial charge in [-0.25, -0.2) is 0 Å². The van der Waals surface area contributed by atoms with Crippen molar-refractivity contribution in [1.82, 2.24) is 0 Å². The Balaban J connectivity index is 2.00. The van der Waals surface area contributed by atoms with Gasteiger partial charge in [0.1, 0.15) is 6.10 Å². The van der Waals surface area contributed by atoms with E-state index in [0.717, 1.165) is 24.3 Å². The van der Waals surface area contributed by atoms with Crippen LogP contribution in [0.15, 0.2) is 30.3 Å². The summed E-state index contributed by atoms with van der Waals surface area (Å²) < 4.78 is 5.90. The highest BCUT2D eigenvalue weighted by Crippen LogP contribution is 2.36. The van der Waals surface area contributed by atoms with Crippen LogP contribution in [0.25, 0.3) is 0 Å². The van der Waals surface area contributed by atoms with Gasteiger partial charge in [0, 0.05) is 0 Å². The molecule has 0 bridgehead atoms. The predicted molar refractivity (Wildman–Crippen MR) is 90.8 cm³/mol. The highest BCUT2D eigenvalue weighted by Gasteiger charge is 2.36. The van der Waals surface area contributed by atoms with Gasteiger partial charge in [0.25, 0.3) is 0 Å². The Bertz CT molecular complexity index is 478. The molecular weight excluding hydrogens is 272 g/mol. The molecule has 22 heavy (non-hydrogen) atoms. The monoisotopic (exact) mass is 302 g/mol. The van der Waals surface area contributed by atoms with Gasteiger partial charge in [-0.3, -0.25) is 4.79 Å². The van der Waals surface area contributed by atoms with E-state index >= 15 is 0 Å². The Kier molecular flexibility index (Phi) is 5.66. The molecule has 1 aromatic carbocycles. The molecule has 1 aliphatic carbocycles. The van der Waals surface area contributed by atoms with Crippen LogP contribution in [0.5, 0.6) is 0 Å². The van der Waals surface area contributed by atoms with Crippen LogP contribution in [0.1, 0.15) is 65.4 Å². The van der Waals surface area contributed by atoms with Crippen molar-refractivity contribution in [3.63, 3.8) is 0 Å². The van der Waals surface area contributed by atoms with Crippen LogP contribution in [0.2, 0.25) is 0 Å². The first-order valence-corrected chi connectivity index (χ1v) is 8.75. The Labute approximate surface area is 135 Å². The normalized spacial score (nSPS) is 25.7. The quantitative estimate of drug-likeness (QED) is 0.706.